The van der Waals surface area contributed by atoms with Crippen LogP contribution < -0.4 is 4.74 Å². The summed E-state index contributed by atoms with van der Waals surface area (Å²) < 4.78 is 5.80. The molecule has 16 heavy (non-hydrogen) atoms. The highest BCUT2D eigenvalue weighted by atomic mass is 16.5. The fourth-order valence-electron chi connectivity index (χ4n) is 1.94. The zero-order valence-corrected chi connectivity index (χ0v) is 9.95. The van der Waals surface area contributed by atoms with E-state index in [0.29, 0.717) is 12.3 Å². The van der Waals surface area contributed by atoms with Crippen molar-refractivity contribution in [3.05, 3.63) is 29.3 Å². The summed E-state index contributed by atoms with van der Waals surface area (Å²) >= 11 is 0. The van der Waals surface area contributed by atoms with Crippen LogP contribution in [0.5, 0.6) is 5.75 Å². The number of rotatable bonds is 4. The summed E-state index contributed by atoms with van der Waals surface area (Å²) in [7, 11) is 0. The quantitative estimate of drug-likeness (QED) is 0.775. The molecule has 86 valence electrons. The summed E-state index contributed by atoms with van der Waals surface area (Å²) in [5.74, 6) is 1.72. The van der Waals surface area contributed by atoms with Gasteiger partial charge in [0.05, 0.1) is 6.61 Å². The molecule has 0 saturated carbocycles. The lowest BCUT2D eigenvalue weighted by Gasteiger charge is -2.13. The maximum absolute atomic E-state index is 11.6. The minimum absolute atomic E-state index is 0.254. The van der Waals surface area contributed by atoms with Crippen molar-refractivity contribution in [3.63, 3.8) is 0 Å². The smallest absolute Gasteiger partial charge is 0.163 e. The average molecular weight is 218 g/mol. The molecule has 0 heterocycles. The molecule has 0 amide bonds. The zero-order chi connectivity index (χ0) is 11.5. The van der Waals surface area contributed by atoms with Crippen LogP contribution in [-0.2, 0) is 6.42 Å². The number of hydrogen-bond acceptors (Lipinski definition) is 2. The van der Waals surface area contributed by atoms with Gasteiger partial charge in [0.15, 0.2) is 5.78 Å². The number of benzene rings is 1. The van der Waals surface area contributed by atoms with Crippen molar-refractivity contribution in [1.29, 1.82) is 0 Å². The topological polar surface area (TPSA) is 26.3 Å². The maximum Gasteiger partial charge on any atom is 0.163 e. The Morgan fingerprint density at radius 1 is 1.38 bits per heavy atom. The summed E-state index contributed by atoms with van der Waals surface area (Å²) in [6.45, 7) is 5.07. The molecule has 1 unspecified atom stereocenters. The van der Waals surface area contributed by atoms with Crippen LogP contribution in [0.3, 0.4) is 0 Å². The molecule has 2 rings (SSSR count). The van der Waals surface area contributed by atoms with Gasteiger partial charge in [-0.05, 0) is 18.4 Å². The molecule has 1 aromatic rings. The van der Waals surface area contributed by atoms with E-state index in [0.717, 1.165) is 36.3 Å². The van der Waals surface area contributed by atoms with E-state index in [1.165, 1.54) is 0 Å². The van der Waals surface area contributed by atoms with Crippen molar-refractivity contribution in [1.82, 2.24) is 0 Å². The van der Waals surface area contributed by atoms with Crippen LogP contribution in [0.2, 0.25) is 0 Å². The molecule has 2 nitrogen and oxygen atoms in total. The molecule has 1 aliphatic rings. The number of carbonyl (C=O) groups excluding carboxylic acids is 1. The normalized spacial score (nSPS) is 16.0. The first-order chi connectivity index (χ1) is 7.72. The Morgan fingerprint density at radius 2 is 2.19 bits per heavy atom. The molecule has 1 aliphatic carbocycles. The van der Waals surface area contributed by atoms with Gasteiger partial charge in [-0.25, -0.2) is 0 Å². The molecule has 1 atom stereocenters. The molecule has 0 fully saturated rings. The third-order valence-electron chi connectivity index (χ3n) is 3.26. The molecule has 0 N–H and O–H groups in total. The predicted octanol–water partition coefficient (Wildman–Crippen LogP) is 3.24. The summed E-state index contributed by atoms with van der Waals surface area (Å²) in [5, 5.41) is 0. The van der Waals surface area contributed by atoms with E-state index in [1.54, 1.807) is 0 Å². The van der Waals surface area contributed by atoms with Crippen molar-refractivity contribution < 1.29 is 9.53 Å². The molecular weight excluding hydrogens is 200 g/mol. The van der Waals surface area contributed by atoms with Crippen LogP contribution in [0.15, 0.2) is 18.2 Å². The monoisotopic (exact) mass is 218 g/mol. The van der Waals surface area contributed by atoms with Crippen molar-refractivity contribution >= 4 is 5.78 Å². The van der Waals surface area contributed by atoms with E-state index in [-0.39, 0.29) is 5.78 Å². The zero-order valence-electron chi connectivity index (χ0n) is 9.95. The Hall–Kier alpha value is -1.31. The Bertz CT molecular complexity index is 396. The van der Waals surface area contributed by atoms with E-state index < -0.39 is 0 Å². The highest BCUT2D eigenvalue weighted by Crippen LogP contribution is 2.30. The van der Waals surface area contributed by atoms with Gasteiger partial charge in [-0.2, -0.15) is 0 Å². The molecule has 1 aromatic carbocycles. The van der Waals surface area contributed by atoms with Gasteiger partial charge in [-0.1, -0.05) is 32.4 Å². The van der Waals surface area contributed by atoms with Gasteiger partial charge in [-0.3, -0.25) is 4.79 Å². The lowest BCUT2D eigenvalue weighted by atomic mass is 10.1. The minimum atomic E-state index is 0.254. The Labute approximate surface area is 96.6 Å². The molecule has 0 bridgehead atoms. The maximum atomic E-state index is 11.6. The van der Waals surface area contributed by atoms with Gasteiger partial charge < -0.3 is 4.74 Å². The Kier molecular flexibility index (Phi) is 3.28. The molecule has 0 saturated heterocycles. The van der Waals surface area contributed by atoms with Gasteiger partial charge in [0.2, 0.25) is 0 Å². The van der Waals surface area contributed by atoms with Crippen LogP contribution in [0, 0.1) is 5.92 Å². The van der Waals surface area contributed by atoms with E-state index in [2.05, 4.69) is 13.8 Å². The summed E-state index contributed by atoms with van der Waals surface area (Å²) in [6, 6.07) is 5.79. The first kappa shape index (κ1) is 11.2. The Morgan fingerprint density at radius 3 is 2.94 bits per heavy atom. The summed E-state index contributed by atoms with van der Waals surface area (Å²) in [6.07, 6.45) is 2.60. The van der Waals surface area contributed by atoms with Gasteiger partial charge in [0.25, 0.3) is 0 Å². The number of hydrogen-bond donors (Lipinski definition) is 0. The van der Waals surface area contributed by atoms with Gasteiger partial charge in [0, 0.05) is 17.5 Å². The second kappa shape index (κ2) is 4.69. The van der Waals surface area contributed by atoms with E-state index in [4.69, 9.17) is 4.74 Å². The fraction of sp³-hybridized carbons (Fsp3) is 0.500. The van der Waals surface area contributed by atoms with Crippen molar-refractivity contribution in [2.45, 2.75) is 33.1 Å². The third kappa shape index (κ3) is 2.11. The second-order valence-corrected chi connectivity index (χ2v) is 4.53. The average Bonchev–Trinajstić information content (AvgIpc) is 2.69. The Balaban J connectivity index is 2.14. The molecule has 2 heteroatoms. The first-order valence-electron chi connectivity index (χ1n) is 6.00. The van der Waals surface area contributed by atoms with Crippen LogP contribution in [-0.4, -0.2) is 12.4 Å². The highest BCUT2D eigenvalue weighted by Gasteiger charge is 2.22. The van der Waals surface area contributed by atoms with Crippen LogP contribution in [0.25, 0.3) is 0 Å². The third-order valence-corrected chi connectivity index (χ3v) is 3.26. The predicted molar refractivity (Wildman–Crippen MR) is 64.0 cm³/mol. The number of carbonyl (C=O) groups is 1. The molecule has 0 radical (unpaired) electrons. The van der Waals surface area contributed by atoms with Crippen molar-refractivity contribution in [2.75, 3.05) is 6.61 Å². The summed E-state index contributed by atoms with van der Waals surface area (Å²) in [4.78, 5) is 11.6. The largest absolute Gasteiger partial charge is 0.493 e. The van der Waals surface area contributed by atoms with Gasteiger partial charge in [0.1, 0.15) is 5.75 Å². The summed E-state index contributed by atoms with van der Waals surface area (Å²) in [5.41, 5.74) is 1.97. The van der Waals surface area contributed by atoms with E-state index in [1.807, 2.05) is 18.2 Å². The second-order valence-electron chi connectivity index (χ2n) is 4.53. The van der Waals surface area contributed by atoms with Crippen LogP contribution in [0.4, 0.5) is 0 Å². The molecule has 0 aliphatic heterocycles. The first-order valence-corrected chi connectivity index (χ1v) is 6.00. The van der Waals surface area contributed by atoms with Crippen LogP contribution >= 0.6 is 0 Å². The fourth-order valence-corrected chi connectivity index (χ4v) is 1.94. The number of Topliss-reactive ketones (excluding diaryl/α,β-unsaturated/α-hetero) is 1. The van der Waals surface area contributed by atoms with Crippen molar-refractivity contribution in [3.8, 4) is 5.75 Å². The van der Waals surface area contributed by atoms with Gasteiger partial charge in [-0.15, -0.1) is 0 Å². The van der Waals surface area contributed by atoms with E-state index >= 15 is 0 Å². The number of ether oxygens (including phenoxy) is 1. The molecule has 0 aromatic heterocycles. The highest BCUT2D eigenvalue weighted by molar-refractivity contribution is 6.01. The van der Waals surface area contributed by atoms with Crippen LogP contribution in [0.1, 0.15) is 42.6 Å². The standard InChI is InChI=1S/C14H18O2/c1-3-10(2)9-16-14-6-4-5-11-12(14)7-8-13(11)15/h4-6,10H,3,7-9H2,1-2H3. The molecule has 0 spiro atoms. The number of fused-ring (bicyclic) bond motifs is 1. The minimum Gasteiger partial charge on any atom is -0.493 e. The van der Waals surface area contributed by atoms with Gasteiger partial charge >= 0.3 is 0 Å². The SMILES string of the molecule is CCC(C)COc1cccc2c1CCC2=O. The lowest BCUT2D eigenvalue weighted by Crippen LogP contribution is -2.08. The van der Waals surface area contributed by atoms with Crippen molar-refractivity contribution in [2.24, 2.45) is 5.92 Å². The molecular formula is C14H18O2. The number of ketones is 1. The van der Waals surface area contributed by atoms with E-state index in [9.17, 15) is 4.79 Å². The lowest BCUT2D eigenvalue weighted by molar-refractivity contribution is 0.0994.